The van der Waals surface area contributed by atoms with E-state index in [1.54, 1.807) is 0 Å². The molecule has 0 aliphatic carbocycles. The van der Waals surface area contributed by atoms with Crippen molar-refractivity contribution in [2.75, 3.05) is 6.54 Å². The molecule has 0 spiro atoms. The summed E-state index contributed by atoms with van der Waals surface area (Å²) in [5, 5.41) is 12.9. The summed E-state index contributed by atoms with van der Waals surface area (Å²) in [4.78, 5) is 25.6. The van der Waals surface area contributed by atoms with Gasteiger partial charge < -0.3 is 15.3 Å². The molecule has 100 valence electrons. The Kier molecular flexibility index (Phi) is 2.78. The summed E-state index contributed by atoms with van der Waals surface area (Å²) in [6.07, 6.45) is 1.44. The molecule has 2 aliphatic heterocycles. The third-order valence-electron chi connectivity index (χ3n) is 3.87. The van der Waals surface area contributed by atoms with E-state index in [9.17, 15) is 14.7 Å². The Bertz CT molecular complexity index is 517. The zero-order valence-corrected chi connectivity index (χ0v) is 10.5. The summed E-state index contributed by atoms with van der Waals surface area (Å²) >= 11 is 0. The minimum Gasteiger partial charge on any atom is -0.363 e. The van der Waals surface area contributed by atoms with Crippen LogP contribution in [0.1, 0.15) is 18.4 Å². The highest BCUT2D eigenvalue weighted by Gasteiger charge is 2.53. The van der Waals surface area contributed by atoms with E-state index in [0.717, 1.165) is 5.56 Å². The van der Waals surface area contributed by atoms with Crippen LogP contribution in [0.25, 0.3) is 0 Å². The van der Waals surface area contributed by atoms with Gasteiger partial charge >= 0.3 is 0 Å². The van der Waals surface area contributed by atoms with Crippen molar-refractivity contribution >= 4 is 11.8 Å². The number of hydrogen-bond donors (Lipinski definition) is 2. The van der Waals surface area contributed by atoms with Crippen LogP contribution in [0.4, 0.5) is 0 Å². The molecule has 0 aromatic heterocycles. The quantitative estimate of drug-likeness (QED) is 0.788. The Morgan fingerprint density at radius 2 is 2.05 bits per heavy atom. The molecule has 2 amide bonds. The van der Waals surface area contributed by atoms with E-state index in [4.69, 9.17) is 0 Å². The Hall–Kier alpha value is -1.88. The highest BCUT2D eigenvalue weighted by atomic mass is 16.3. The fourth-order valence-electron chi connectivity index (χ4n) is 2.84. The lowest BCUT2D eigenvalue weighted by Gasteiger charge is -2.40. The molecule has 19 heavy (non-hydrogen) atoms. The summed E-state index contributed by atoms with van der Waals surface area (Å²) in [6.45, 7) is 0.452. The third-order valence-corrected chi connectivity index (χ3v) is 3.87. The number of fused-ring (bicyclic) bond motifs is 1. The van der Waals surface area contributed by atoms with Crippen LogP contribution in [0.3, 0.4) is 0 Å². The third kappa shape index (κ3) is 1.90. The van der Waals surface area contributed by atoms with Gasteiger partial charge in [-0.15, -0.1) is 0 Å². The summed E-state index contributed by atoms with van der Waals surface area (Å²) in [5.74, 6) is -0.644. The van der Waals surface area contributed by atoms with Crippen molar-refractivity contribution < 1.29 is 14.7 Å². The largest absolute Gasteiger partial charge is 0.363 e. The minimum absolute atomic E-state index is 0.191. The molecule has 2 heterocycles. The highest BCUT2D eigenvalue weighted by molar-refractivity contribution is 5.99. The first-order chi connectivity index (χ1) is 9.11. The number of carbonyl (C=O) groups excluding carboxylic acids is 2. The number of hydrogen-bond acceptors (Lipinski definition) is 3. The fourth-order valence-corrected chi connectivity index (χ4v) is 2.84. The number of benzene rings is 1. The van der Waals surface area contributed by atoms with Crippen molar-refractivity contribution in [3.63, 3.8) is 0 Å². The van der Waals surface area contributed by atoms with E-state index in [2.05, 4.69) is 5.32 Å². The Morgan fingerprint density at radius 3 is 2.79 bits per heavy atom. The summed E-state index contributed by atoms with van der Waals surface area (Å²) in [5.41, 5.74) is -0.629. The lowest BCUT2D eigenvalue weighted by atomic mass is 9.99. The second-order valence-electron chi connectivity index (χ2n) is 5.13. The van der Waals surface area contributed by atoms with Crippen LogP contribution in [-0.4, -0.2) is 40.1 Å². The first kappa shape index (κ1) is 12.2. The van der Waals surface area contributed by atoms with E-state index in [1.165, 1.54) is 4.90 Å². The van der Waals surface area contributed by atoms with Crippen LogP contribution >= 0.6 is 0 Å². The number of carbonyl (C=O) groups is 2. The molecule has 0 radical (unpaired) electrons. The van der Waals surface area contributed by atoms with Gasteiger partial charge in [-0.1, -0.05) is 30.3 Å². The smallest absolute Gasteiger partial charge is 0.274 e. The predicted octanol–water partition coefficient (Wildman–Crippen LogP) is 0.0385. The first-order valence-electron chi connectivity index (χ1n) is 6.50. The number of rotatable bonds is 2. The molecule has 2 N–H and O–H groups in total. The maximum absolute atomic E-state index is 12.3. The molecular formula is C14H16N2O3. The van der Waals surface area contributed by atoms with Gasteiger partial charge in [-0.3, -0.25) is 9.59 Å². The van der Waals surface area contributed by atoms with Gasteiger partial charge in [0, 0.05) is 19.4 Å². The summed E-state index contributed by atoms with van der Waals surface area (Å²) < 4.78 is 0. The Morgan fingerprint density at radius 1 is 1.32 bits per heavy atom. The minimum atomic E-state index is -1.62. The Balaban J connectivity index is 1.81. The van der Waals surface area contributed by atoms with E-state index in [0.29, 0.717) is 25.8 Å². The number of nitrogens with one attached hydrogen (secondary N) is 1. The number of aliphatic hydroxyl groups is 1. The number of piperazine rings is 1. The Labute approximate surface area is 111 Å². The second-order valence-corrected chi connectivity index (χ2v) is 5.13. The number of amides is 2. The molecule has 2 fully saturated rings. The zero-order valence-electron chi connectivity index (χ0n) is 10.5. The molecule has 5 heteroatoms. The van der Waals surface area contributed by atoms with Crippen molar-refractivity contribution in [1.82, 2.24) is 10.2 Å². The maximum Gasteiger partial charge on any atom is 0.274 e. The second kappa shape index (κ2) is 4.35. The van der Waals surface area contributed by atoms with Crippen molar-refractivity contribution in [1.29, 1.82) is 0 Å². The van der Waals surface area contributed by atoms with Crippen LogP contribution in [0.2, 0.25) is 0 Å². The zero-order chi connectivity index (χ0) is 13.5. The average Bonchev–Trinajstić information content (AvgIpc) is 2.81. The van der Waals surface area contributed by atoms with Crippen molar-refractivity contribution in [3.05, 3.63) is 35.9 Å². The van der Waals surface area contributed by atoms with Crippen LogP contribution in [0.5, 0.6) is 0 Å². The molecule has 2 saturated heterocycles. The average molecular weight is 260 g/mol. The molecule has 3 rings (SSSR count). The fraction of sp³-hybridized carbons (Fsp3) is 0.429. The van der Waals surface area contributed by atoms with Gasteiger partial charge in [-0.25, -0.2) is 0 Å². The normalized spacial score (nSPS) is 30.2. The topological polar surface area (TPSA) is 69.6 Å². The molecule has 2 aliphatic rings. The molecule has 5 nitrogen and oxygen atoms in total. The van der Waals surface area contributed by atoms with Crippen LogP contribution in [-0.2, 0) is 16.0 Å². The van der Waals surface area contributed by atoms with Gasteiger partial charge in [-0.2, -0.15) is 0 Å². The van der Waals surface area contributed by atoms with Gasteiger partial charge in [0.15, 0.2) is 0 Å². The van der Waals surface area contributed by atoms with Crippen LogP contribution in [0.15, 0.2) is 30.3 Å². The first-order valence-corrected chi connectivity index (χ1v) is 6.50. The van der Waals surface area contributed by atoms with Gasteiger partial charge in [0.25, 0.3) is 5.91 Å². The SMILES string of the molecule is O=C1C(Cc2ccccc2)NC(=O)[C@]2(O)CCCN12. The monoisotopic (exact) mass is 260 g/mol. The van der Waals surface area contributed by atoms with E-state index in [-0.39, 0.29) is 5.91 Å². The lowest BCUT2D eigenvalue weighted by Crippen LogP contribution is -2.68. The summed E-state index contributed by atoms with van der Waals surface area (Å²) in [6, 6.07) is 8.97. The van der Waals surface area contributed by atoms with Crippen molar-refractivity contribution in [2.24, 2.45) is 0 Å². The van der Waals surface area contributed by atoms with Crippen LogP contribution < -0.4 is 5.32 Å². The van der Waals surface area contributed by atoms with E-state index < -0.39 is 17.7 Å². The van der Waals surface area contributed by atoms with Gasteiger partial charge in [0.1, 0.15) is 6.04 Å². The number of nitrogens with zero attached hydrogens (tertiary/aromatic N) is 1. The summed E-state index contributed by atoms with van der Waals surface area (Å²) in [7, 11) is 0. The van der Waals surface area contributed by atoms with Crippen molar-refractivity contribution in [2.45, 2.75) is 31.0 Å². The molecule has 1 unspecified atom stereocenters. The van der Waals surface area contributed by atoms with E-state index in [1.807, 2.05) is 30.3 Å². The maximum atomic E-state index is 12.3. The van der Waals surface area contributed by atoms with Gasteiger partial charge in [0.2, 0.25) is 11.6 Å². The predicted molar refractivity (Wildman–Crippen MR) is 68.0 cm³/mol. The molecule has 1 aromatic rings. The van der Waals surface area contributed by atoms with E-state index >= 15 is 0 Å². The molecular weight excluding hydrogens is 244 g/mol. The molecule has 0 saturated carbocycles. The standard InChI is InChI=1S/C14H16N2O3/c17-12-11(9-10-5-2-1-3-6-10)15-13(18)14(19)7-4-8-16(12)14/h1-3,5-6,11,19H,4,7-9H2,(H,15,18)/t11?,14-/m1/s1. The molecule has 1 aromatic carbocycles. The molecule has 2 atom stereocenters. The van der Waals surface area contributed by atoms with Crippen LogP contribution in [0, 0.1) is 0 Å². The highest BCUT2D eigenvalue weighted by Crippen LogP contribution is 2.31. The van der Waals surface area contributed by atoms with Crippen molar-refractivity contribution in [3.8, 4) is 0 Å². The van der Waals surface area contributed by atoms with Gasteiger partial charge in [0.05, 0.1) is 0 Å². The van der Waals surface area contributed by atoms with Gasteiger partial charge in [-0.05, 0) is 12.0 Å². The lowest BCUT2D eigenvalue weighted by molar-refractivity contribution is -0.177. The molecule has 0 bridgehead atoms.